The summed E-state index contributed by atoms with van der Waals surface area (Å²) >= 11 is 18.0. The van der Waals surface area contributed by atoms with E-state index in [2.05, 4.69) is 49.4 Å². The minimum absolute atomic E-state index is 0.577. The van der Waals surface area contributed by atoms with Crippen molar-refractivity contribution in [3.63, 3.8) is 0 Å². The highest BCUT2D eigenvalue weighted by Crippen LogP contribution is 2.35. The predicted molar refractivity (Wildman–Crippen MR) is 123 cm³/mol. The molecule has 0 bridgehead atoms. The van der Waals surface area contributed by atoms with E-state index in [0.29, 0.717) is 12.7 Å². The van der Waals surface area contributed by atoms with Crippen molar-refractivity contribution in [2.75, 3.05) is 6.61 Å². The van der Waals surface area contributed by atoms with Gasteiger partial charge >= 0.3 is 6.00 Å². The van der Waals surface area contributed by atoms with Gasteiger partial charge in [0.2, 0.25) is 0 Å². The summed E-state index contributed by atoms with van der Waals surface area (Å²) < 4.78 is 6.24. The van der Waals surface area contributed by atoms with E-state index >= 15 is 0 Å². The quantitative estimate of drug-likeness (QED) is 0.182. The fourth-order valence-corrected chi connectivity index (χ4v) is 4.91. The Morgan fingerprint density at radius 2 is 1.56 bits per heavy atom. The third kappa shape index (κ3) is 8.47. The Hall–Kier alpha value is -0.673. The van der Waals surface area contributed by atoms with Gasteiger partial charge in [-0.3, -0.25) is 0 Å². The number of benzene rings is 2. The van der Waals surface area contributed by atoms with Gasteiger partial charge in [0.15, 0.2) is 0 Å². The molecule has 0 aliphatic rings. The van der Waals surface area contributed by atoms with Gasteiger partial charge in [-0.1, -0.05) is 81.1 Å². The fraction of sp³-hybridized carbons (Fsp3) is 0.455. The molecule has 0 saturated heterocycles. The van der Waals surface area contributed by atoms with Crippen LogP contribution in [-0.4, -0.2) is 12.6 Å². The van der Waals surface area contributed by atoms with Crippen molar-refractivity contribution in [2.45, 2.75) is 57.9 Å². The van der Waals surface area contributed by atoms with Gasteiger partial charge < -0.3 is 4.74 Å². The summed E-state index contributed by atoms with van der Waals surface area (Å²) in [6.07, 6.45) is 8.15. The zero-order valence-electron chi connectivity index (χ0n) is 16.0. The zero-order chi connectivity index (χ0) is 19.5. The van der Waals surface area contributed by atoms with Crippen molar-refractivity contribution < 1.29 is 4.74 Å². The van der Waals surface area contributed by atoms with Crippen LogP contribution in [0, 0.1) is 0 Å². The maximum atomic E-state index is 6.24. The third-order valence-corrected chi connectivity index (χ3v) is 7.20. The lowest BCUT2D eigenvalue weighted by molar-refractivity contribution is 0.315. The van der Waals surface area contributed by atoms with E-state index in [9.17, 15) is 0 Å². The Bertz CT molecular complexity index is 671. The molecule has 0 saturated carbocycles. The van der Waals surface area contributed by atoms with Crippen LogP contribution in [0.1, 0.15) is 51.0 Å². The number of halogens is 3. The second-order valence-corrected chi connectivity index (χ2v) is 16.2. The number of aryl methyl sites for hydroxylation is 1. The molecule has 27 heavy (non-hydrogen) atoms. The average Bonchev–Trinajstić information content (AvgIpc) is 2.65. The molecule has 0 amide bonds. The molecule has 0 radical (unpaired) electrons. The lowest BCUT2D eigenvalue weighted by Gasteiger charge is -2.17. The summed E-state index contributed by atoms with van der Waals surface area (Å²) in [5.74, 6) is 0.991. The summed E-state index contributed by atoms with van der Waals surface area (Å²) in [5, 5.41) is 0. The van der Waals surface area contributed by atoms with Crippen LogP contribution in [0.2, 0.25) is 6.04 Å². The van der Waals surface area contributed by atoms with Gasteiger partial charge in [-0.25, -0.2) is 0 Å². The molecule has 5 heteroatoms. The molecule has 0 N–H and O–H groups in total. The van der Waals surface area contributed by atoms with E-state index in [0.717, 1.165) is 24.2 Å². The summed E-state index contributed by atoms with van der Waals surface area (Å²) in [7, 11) is 0. The average molecular weight is 444 g/mol. The van der Waals surface area contributed by atoms with Crippen LogP contribution in [0.4, 0.5) is 0 Å². The summed E-state index contributed by atoms with van der Waals surface area (Å²) in [4.78, 5) is 0. The second kappa shape index (κ2) is 12.0. The van der Waals surface area contributed by atoms with Gasteiger partial charge in [0.1, 0.15) is 5.75 Å². The van der Waals surface area contributed by atoms with Crippen molar-refractivity contribution in [1.29, 1.82) is 0 Å². The molecule has 0 unspecified atom stereocenters. The number of hydrogen-bond donors (Lipinski definition) is 0. The standard InChI is InChI=1S/C22H29Cl3OSi/c1-2-3-4-5-7-14-20-15-10-16-21(19-12-8-6-9-13-19)22(20)26-17-11-18-27(23,24)25/h6,8-10,12-13,15-16H,2-5,7,11,14,17-18H2,1H3. The minimum atomic E-state index is -2.58. The van der Waals surface area contributed by atoms with E-state index < -0.39 is 6.00 Å². The monoisotopic (exact) mass is 442 g/mol. The van der Waals surface area contributed by atoms with Gasteiger partial charge in [-0.2, -0.15) is 0 Å². The number of ether oxygens (including phenoxy) is 1. The zero-order valence-corrected chi connectivity index (χ0v) is 19.3. The maximum Gasteiger partial charge on any atom is 0.341 e. The lowest BCUT2D eigenvalue weighted by atomic mass is 9.98. The molecule has 1 nitrogen and oxygen atoms in total. The Kier molecular flexibility index (Phi) is 10.1. The molecule has 0 aliphatic heterocycles. The Morgan fingerprint density at radius 1 is 0.815 bits per heavy atom. The molecule has 0 aromatic heterocycles. The number of unbranched alkanes of at least 4 members (excludes halogenated alkanes) is 4. The van der Waals surface area contributed by atoms with Gasteiger partial charge in [0, 0.05) is 5.56 Å². The smallest absolute Gasteiger partial charge is 0.341 e. The molecule has 0 heterocycles. The predicted octanol–water partition coefficient (Wildman–Crippen LogP) is 8.29. The largest absolute Gasteiger partial charge is 0.493 e. The first-order valence-electron chi connectivity index (χ1n) is 9.88. The van der Waals surface area contributed by atoms with E-state index in [4.69, 9.17) is 38.0 Å². The van der Waals surface area contributed by atoms with E-state index in [1.807, 2.05) is 6.07 Å². The maximum absolute atomic E-state index is 6.24. The molecule has 0 aliphatic carbocycles. The van der Waals surface area contributed by atoms with Crippen LogP contribution in [0.5, 0.6) is 5.75 Å². The molecular formula is C22H29Cl3OSi. The highest BCUT2D eigenvalue weighted by molar-refractivity contribution is 7.64. The van der Waals surface area contributed by atoms with Crippen molar-refractivity contribution in [3.8, 4) is 16.9 Å². The van der Waals surface area contributed by atoms with Gasteiger partial charge in [-0.05, 0) is 36.4 Å². The number of hydrogen-bond acceptors (Lipinski definition) is 1. The molecule has 148 valence electrons. The van der Waals surface area contributed by atoms with Gasteiger partial charge in [0.05, 0.1) is 6.61 Å². The summed E-state index contributed by atoms with van der Waals surface area (Å²) in [5.41, 5.74) is 3.60. The van der Waals surface area contributed by atoms with Gasteiger partial charge in [0.25, 0.3) is 0 Å². The molecule has 2 aromatic rings. The van der Waals surface area contributed by atoms with Crippen LogP contribution in [0.25, 0.3) is 11.1 Å². The van der Waals surface area contributed by atoms with Crippen LogP contribution >= 0.6 is 33.2 Å². The lowest BCUT2D eigenvalue weighted by Crippen LogP contribution is -2.11. The first-order valence-corrected chi connectivity index (χ1v) is 15.1. The van der Waals surface area contributed by atoms with Crippen LogP contribution in [0.15, 0.2) is 48.5 Å². The van der Waals surface area contributed by atoms with Crippen molar-refractivity contribution in [2.24, 2.45) is 0 Å². The van der Waals surface area contributed by atoms with Crippen molar-refractivity contribution in [3.05, 3.63) is 54.1 Å². The highest BCUT2D eigenvalue weighted by atomic mass is 35.8. The second-order valence-electron chi connectivity index (χ2n) is 6.89. The van der Waals surface area contributed by atoms with Crippen molar-refractivity contribution in [1.82, 2.24) is 0 Å². The molecule has 0 fully saturated rings. The first kappa shape index (κ1) is 22.6. The van der Waals surface area contributed by atoms with Crippen LogP contribution < -0.4 is 4.74 Å². The minimum Gasteiger partial charge on any atom is -0.493 e. The molecule has 0 spiro atoms. The SMILES string of the molecule is CCCCCCCc1cccc(-c2ccccc2)c1OCCC[Si](Cl)(Cl)Cl. The van der Waals surface area contributed by atoms with Crippen LogP contribution in [0.3, 0.4) is 0 Å². The van der Waals surface area contributed by atoms with Crippen molar-refractivity contribution >= 4 is 39.2 Å². The number of para-hydroxylation sites is 1. The van der Waals surface area contributed by atoms with Gasteiger partial charge in [-0.15, -0.1) is 33.2 Å². The molecule has 2 aromatic carbocycles. The normalized spacial score (nSPS) is 11.6. The Balaban J connectivity index is 2.11. The number of rotatable bonds is 12. The Morgan fingerprint density at radius 3 is 2.26 bits per heavy atom. The third-order valence-electron chi connectivity index (χ3n) is 4.58. The highest BCUT2D eigenvalue weighted by Gasteiger charge is 2.24. The van der Waals surface area contributed by atoms with E-state index in [1.54, 1.807) is 0 Å². The Labute approximate surface area is 179 Å². The molecule has 0 atom stereocenters. The molecule has 2 rings (SSSR count). The van der Waals surface area contributed by atoms with E-state index in [1.165, 1.54) is 43.2 Å². The fourth-order valence-electron chi connectivity index (χ4n) is 3.16. The first-order chi connectivity index (χ1) is 13.0. The molecular weight excluding hydrogens is 415 g/mol. The van der Waals surface area contributed by atoms with E-state index in [-0.39, 0.29) is 0 Å². The summed E-state index contributed by atoms with van der Waals surface area (Å²) in [6.45, 7) is 2.82. The topological polar surface area (TPSA) is 9.23 Å². The van der Waals surface area contributed by atoms with Crippen LogP contribution in [-0.2, 0) is 6.42 Å². The summed E-state index contributed by atoms with van der Waals surface area (Å²) in [6, 6.07) is 14.9.